The van der Waals surface area contributed by atoms with Gasteiger partial charge in [0, 0.05) is 38.0 Å². The summed E-state index contributed by atoms with van der Waals surface area (Å²) in [6, 6.07) is 6.78. The van der Waals surface area contributed by atoms with E-state index in [1.54, 1.807) is 38.4 Å². The summed E-state index contributed by atoms with van der Waals surface area (Å²) in [5.74, 6) is 0. The Bertz CT molecular complexity index is 863. The van der Waals surface area contributed by atoms with Gasteiger partial charge in [-0.2, -0.15) is 0 Å². The van der Waals surface area contributed by atoms with Crippen LogP contribution in [0, 0.1) is 17.0 Å². The highest BCUT2D eigenvalue weighted by Crippen LogP contribution is 2.33. The van der Waals surface area contributed by atoms with Gasteiger partial charge in [-0.25, -0.2) is 0 Å². The van der Waals surface area contributed by atoms with Gasteiger partial charge in [0.15, 0.2) is 0 Å². The van der Waals surface area contributed by atoms with Crippen LogP contribution in [0.2, 0.25) is 0 Å². The molecule has 1 atom stereocenters. The fourth-order valence-electron chi connectivity index (χ4n) is 2.86. The number of nitro groups is 1. The molecule has 2 aromatic rings. The van der Waals surface area contributed by atoms with Crippen LogP contribution in [-0.4, -0.2) is 35.3 Å². The second-order valence-corrected chi connectivity index (χ2v) is 7.13. The number of nitro benzene ring substituents is 1. The monoisotopic (exact) mass is 373 g/mol. The van der Waals surface area contributed by atoms with E-state index in [-0.39, 0.29) is 28.3 Å². The molecule has 0 amide bonds. The van der Waals surface area contributed by atoms with Gasteiger partial charge in [-0.3, -0.25) is 14.9 Å². The van der Waals surface area contributed by atoms with Gasteiger partial charge in [-0.15, -0.1) is 0 Å². The van der Waals surface area contributed by atoms with Crippen molar-refractivity contribution in [3.05, 3.63) is 56.5 Å². The zero-order valence-corrected chi connectivity index (χ0v) is 16.7. The molecular formula is C20H27N3O4. The van der Waals surface area contributed by atoms with Gasteiger partial charge in [-0.1, -0.05) is 0 Å². The molecule has 0 saturated carbocycles. The summed E-state index contributed by atoms with van der Waals surface area (Å²) in [6.07, 6.45) is 1.83. The average molecular weight is 373 g/mol. The standard InChI is InChI=1S/C20H27N3O4/c1-13(2)27-12-15(4)22(6)19-10-16(7-8-18(19)23(25)26)17-9-14(3)20(24)21(5)11-17/h7-11,13,15H,12H2,1-6H3/t15-/m1/s1. The van der Waals surface area contributed by atoms with E-state index in [1.807, 2.05) is 32.7 Å². The zero-order valence-electron chi connectivity index (χ0n) is 16.7. The number of benzene rings is 1. The van der Waals surface area contributed by atoms with E-state index in [4.69, 9.17) is 4.74 Å². The summed E-state index contributed by atoms with van der Waals surface area (Å²) in [5.41, 5.74) is 2.78. The molecule has 0 unspecified atom stereocenters. The maximum Gasteiger partial charge on any atom is 0.292 e. The minimum absolute atomic E-state index is 0.0387. The minimum atomic E-state index is -0.377. The van der Waals surface area contributed by atoms with E-state index in [9.17, 15) is 14.9 Å². The summed E-state index contributed by atoms with van der Waals surface area (Å²) < 4.78 is 7.18. The van der Waals surface area contributed by atoms with Gasteiger partial charge in [-0.05, 0) is 57.0 Å². The quantitative estimate of drug-likeness (QED) is 0.548. The number of hydrogen-bond donors (Lipinski definition) is 0. The lowest BCUT2D eigenvalue weighted by Gasteiger charge is -2.27. The predicted octanol–water partition coefficient (Wildman–Crippen LogP) is 3.52. The van der Waals surface area contributed by atoms with Crippen molar-refractivity contribution in [1.29, 1.82) is 0 Å². The predicted molar refractivity (Wildman–Crippen MR) is 107 cm³/mol. The number of pyridine rings is 1. The summed E-state index contributed by atoms with van der Waals surface area (Å²) in [6.45, 7) is 8.11. The van der Waals surface area contributed by atoms with Gasteiger partial charge in [0.05, 0.1) is 17.6 Å². The van der Waals surface area contributed by atoms with Gasteiger partial charge >= 0.3 is 0 Å². The van der Waals surface area contributed by atoms with Crippen molar-refractivity contribution in [3.63, 3.8) is 0 Å². The van der Waals surface area contributed by atoms with Gasteiger partial charge < -0.3 is 14.2 Å². The van der Waals surface area contributed by atoms with E-state index in [0.717, 1.165) is 11.1 Å². The van der Waals surface area contributed by atoms with Crippen LogP contribution in [0.5, 0.6) is 0 Å². The molecule has 146 valence electrons. The lowest BCUT2D eigenvalue weighted by molar-refractivity contribution is -0.384. The zero-order chi connectivity index (χ0) is 20.3. The van der Waals surface area contributed by atoms with Crippen molar-refractivity contribution in [3.8, 4) is 11.1 Å². The second kappa shape index (κ2) is 8.35. The SMILES string of the molecule is Cc1cc(-c2ccc([N+](=O)[O-])c(N(C)[C@H](C)COC(C)C)c2)cn(C)c1=O. The van der Waals surface area contributed by atoms with E-state index in [1.165, 1.54) is 10.6 Å². The molecule has 7 heteroatoms. The Morgan fingerprint density at radius 2 is 1.89 bits per heavy atom. The first-order valence-corrected chi connectivity index (χ1v) is 8.92. The van der Waals surface area contributed by atoms with Crippen LogP contribution in [0.1, 0.15) is 26.3 Å². The number of likely N-dealkylation sites (N-methyl/N-ethyl adjacent to an activating group) is 1. The van der Waals surface area contributed by atoms with Crippen molar-refractivity contribution in [2.45, 2.75) is 39.8 Å². The van der Waals surface area contributed by atoms with Crippen LogP contribution in [0.4, 0.5) is 11.4 Å². The third kappa shape index (κ3) is 4.74. The molecule has 0 saturated heterocycles. The summed E-state index contributed by atoms with van der Waals surface area (Å²) in [5, 5.41) is 11.5. The molecule has 1 aromatic carbocycles. The lowest BCUT2D eigenvalue weighted by atomic mass is 10.0. The summed E-state index contributed by atoms with van der Waals surface area (Å²) in [7, 11) is 3.52. The fourth-order valence-corrected chi connectivity index (χ4v) is 2.86. The number of aryl methyl sites for hydroxylation is 2. The third-order valence-electron chi connectivity index (χ3n) is 4.58. The molecule has 0 radical (unpaired) electrons. The van der Waals surface area contributed by atoms with E-state index < -0.39 is 0 Å². The van der Waals surface area contributed by atoms with Crippen LogP contribution >= 0.6 is 0 Å². The summed E-state index contributed by atoms with van der Waals surface area (Å²) >= 11 is 0. The van der Waals surface area contributed by atoms with Crippen LogP contribution in [0.25, 0.3) is 11.1 Å². The van der Waals surface area contributed by atoms with Crippen LogP contribution in [0.15, 0.2) is 35.3 Å². The van der Waals surface area contributed by atoms with Crippen LogP contribution in [-0.2, 0) is 11.8 Å². The number of rotatable bonds is 7. The Morgan fingerprint density at radius 1 is 1.22 bits per heavy atom. The minimum Gasteiger partial charge on any atom is -0.377 e. The van der Waals surface area contributed by atoms with Gasteiger partial charge in [0.1, 0.15) is 5.69 Å². The maximum absolute atomic E-state index is 11.9. The van der Waals surface area contributed by atoms with Crippen molar-refractivity contribution >= 4 is 11.4 Å². The molecule has 0 fully saturated rings. The topological polar surface area (TPSA) is 77.6 Å². The smallest absolute Gasteiger partial charge is 0.292 e. The molecule has 27 heavy (non-hydrogen) atoms. The second-order valence-electron chi connectivity index (χ2n) is 7.13. The number of ether oxygens (including phenoxy) is 1. The fraction of sp³-hybridized carbons (Fsp3) is 0.450. The maximum atomic E-state index is 11.9. The summed E-state index contributed by atoms with van der Waals surface area (Å²) in [4.78, 5) is 24.9. The molecule has 0 aliphatic carbocycles. The highest BCUT2D eigenvalue weighted by atomic mass is 16.6. The Hall–Kier alpha value is -2.67. The van der Waals surface area contributed by atoms with Gasteiger partial charge in [0.25, 0.3) is 11.2 Å². The van der Waals surface area contributed by atoms with Crippen LogP contribution in [0.3, 0.4) is 0 Å². The van der Waals surface area contributed by atoms with Crippen molar-refractivity contribution < 1.29 is 9.66 Å². The lowest BCUT2D eigenvalue weighted by Crippen LogP contribution is -2.34. The largest absolute Gasteiger partial charge is 0.377 e. The Labute approximate surface area is 159 Å². The normalized spacial score (nSPS) is 12.3. The number of nitrogens with zero attached hydrogens (tertiary/aromatic N) is 3. The molecule has 1 heterocycles. The highest BCUT2D eigenvalue weighted by molar-refractivity contribution is 5.74. The van der Waals surface area contributed by atoms with E-state index in [0.29, 0.717) is 17.9 Å². The molecule has 0 N–H and O–H groups in total. The van der Waals surface area contributed by atoms with Crippen molar-refractivity contribution in [1.82, 2.24) is 4.57 Å². The Balaban J connectivity index is 2.48. The van der Waals surface area contributed by atoms with Crippen LogP contribution < -0.4 is 10.5 Å². The molecule has 0 bridgehead atoms. The van der Waals surface area contributed by atoms with Gasteiger partial charge in [0.2, 0.25) is 0 Å². The molecule has 0 aliphatic heterocycles. The first-order valence-electron chi connectivity index (χ1n) is 8.92. The highest BCUT2D eigenvalue weighted by Gasteiger charge is 2.22. The molecule has 0 spiro atoms. The number of anilines is 1. The molecule has 1 aromatic heterocycles. The first-order chi connectivity index (χ1) is 12.6. The number of aromatic nitrogens is 1. The molecule has 7 nitrogen and oxygen atoms in total. The first kappa shape index (κ1) is 20.6. The van der Waals surface area contributed by atoms with E-state index in [2.05, 4.69) is 0 Å². The third-order valence-corrected chi connectivity index (χ3v) is 4.58. The van der Waals surface area contributed by atoms with E-state index >= 15 is 0 Å². The van der Waals surface area contributed by atoms with Crippen molar-refractivity contribution in [2.75, 3.05) is 18.6 Å². The van der Waals surface area contributed by atoms with Crippen molar-refractivity contribution in [2.24, 2.45) is 7.05 Å². The molecule has 0 aliphatic rings. The Morgan fingerprint density at radius 3 is 2.44 bits per heavy atom. The number of hydrogen-bond acceptors (Lipinski definition) is 5. The average Bonchev–Trinajstić information content (AvgIpc) is 2.62. The molecular weight excluding hydrogens is 346 g/mol. The Kier molecular flexibility index (Phi) is 6.38. The molecule has 2 rings (SSSR count).